The quantitative estimate of drug-likeness (QED) is 0.530. The second-order valence-corrected chi connectivity index (χ2v) is 9.33. The molecular formula is C28H34N2O5. The number of hydrogen-bond acceptors (Lipinski definition) is 6. The van der Waals surface area contributed by atoms with Gasteiger partial charge in [-0.15, -0.1) is 0 Å². The van der Waals surface area contributed by atoms with Crippen LogP contribution in [0.1, 0.15) is 49.3 Å². The van der Waals surface area contributed by atoms with Crippen LogP contribution in [0.4, 0.5) is 5.69 Å². The fraction of sp³-hybridized carbons (Fsp3) is 0.429. The van der Waals surface area contributed by atoms with Crippen LogP contribution < -0.4 is 14.8 Å². The van der Waals surface area contributed by atoms with Gasteiger partial charge in [0.2, 0.25) is 12.7 Å². The Kier molecular flexibility index (Phi) is 7.63. The van der Waals surface area contributed by atoms with E-state index in [1.807, 2.05) is 57.3 Å². The molecule has 35 heavy (non-hydrogen) atoms. The summed E-state index contributed by atoms with van der Waals surface area (Å²) in [6, 6.07) is 11.9. The van der Waals surface area contributed by atoms with Crippen molar-refractivity contribution in [1.82, 2.24) is 4.90 Å². The lowest BCUT2D eigenvalue weighted by molar-refractivity contribution is -0.150. The summed E-state index contributed by atoms with van der Waals surface area (Å²) in [5.41, 5.74) is 4.62. The van der Waals surface area contributed by atoms with Gasteiger partial charge in [-0.1, -0.05) is 24.3 Å². The van der Waals surface area contributed by atoms with Crippen molar-refractivity contribution in [3.05, 3.63) is 59.7 Å². The van der Waals surface area contributed by atoms with Gasteiger partial charge in [-0.25, -0.2) is 0 Å². The lowest BCUT2D eigenvalue weighted by Crippen LogP contribution is -2.30. The fourth-order valence-electron chi connectivity index (χ4n) is 4.71. The van der Waals surface area contributed by atoms with Crippen molar-refractivity contribution < 1.29 is 23.8 Å². The smallest absolute Gasteiger partial charge is 0.308 e. The highest BCUT2D eigenvalue weighted by Gasteiger charge is 2.31. The number of amides is 1. The van der Waals surface area contributed by atoms with Crippen molar-refractivity contribution >= 4 is 23.3 Å². The van der Waals surface area contributed by atoms with Gasteiger partial charge >= 0.3 is 5.97 Å². The summed E-state index contributed by atoms with van der Waals surface area (Å²) in [6.45, 7) is 9.44. The standard InChI is InChI=1S/C28H34N2O5/c1-5-33-28(32)22-10-8-21(9-11-22)27(31)29-24-12-6-18(2)14-23(24)19(3)30(4)16-20-7-13-25-26(15-20)35-17-34-25/h6-7,12-15,21-22H,3,5,8-11,16-17H2,1-2,4H3,(H,29,31). The third-order valence-corrected chi connectivity index (χ3v) is 6.78. The van der Waals surface area contributed by atoms with Crippen molar-refractivity contribution in [1.29, 1.82) is 0 Å². The number of esters is 1. The molecule has 2 aromatic rings. The Labute approximate surface area is 207 Å². The van der Waals surface area contributed by atoms with E-state index in [1.54, 1.807) is 0 Å². The molecule has 0 radical (unpaired) electrons. The average Bonchev–Trinajstić information content (AvgIpc) is 3.33. The number of rotatable bonds is 8. The van der Waals surface area contributed by atoms with E-state index in [4.69, 9.17) is 14.2 Å². The largest absolute Gasteiger partial charge is 0.466 e. The SMILES string of the molecule is C=C(c1cc(C)ccc1NC(=O)C1CCC(C(=O)OCC)CC1)N(C)Cc1ccc2c(c1)OCO2. The molecule has 1 N–H and O–H groups in total. The van der Waals surface area contributed by atoms with Gasteiger partial charge in [0.15, 0.2) is 11.5 Å². The number of anilines is 1. The summed E-state index contributed by atoms with van der Waals surface area (Å²) in [6.07, 6.45) is 2.73. The molecule has 0 aromatic heterocycles. The number of fused-ring (bicyclic) bond motifs is 1. The summed E-state index contributed by atoms with van der Waals surface area (Å²) in [5, 5.41) is 3.13. The Balaban J connectivity index is 1.41. The van der Waals surface area contributed by atoms with Crippen molar-refractivity contribution in [3.63, 3.8) is 0 Å². The summed E-state index contributed by atoms with van der Waals surface area (Å²) >= 11 is 0. The zero-order chi connectivity index (χ0) is 24.9. The molecule has 2 aliphatic rings. The van der Waals surface area contributed by atoms with E-state index in [1.165, 1.54) is 0 Å². The van der Waals surface area contributed by atoms with E-state index in [-0.39, 0.29) is 30.5 Å². The first-order chi connectivity index (χ1) is 16.9. The Bertz CT molecular complexity index is 1100. The van der Waals surface area contributed by atoms with Gasteiger partial charge in [0.05, 0.1) is 18.2 Å². The molecule has 1 aliphatic carbocycles. The van der Waals surface area contributed by atoms with Crippen molar-refractivity contribution in [2.24, 2.45) is 11.8 Å². The first kappa shape index (κ1) is 24.6. The predicted molar refractivity (Wildman–Crippen MR) is 135 cm³/mol. The van der Waals surface area contributed by atoms with Crippen LogP contribution in [-0.4, -0.2) is 37.2 Å². The second kappa shape index (κ2) is 10.8. The lowest BCUT2D eigenvalue weighted by atomic mass is 9.81. The van der Waals surface area contributed by atoms with Crippen LogP contribution in [-0.2, 0) is 20.9 Å². The Morgan fingerprint density at radius 2 is 1.77 bits per heavy atom. The first-order valence-electron chi connectivity index (χ1n) is 12.2. The number of benzene rings is 2. The highest BCUT2D eigenvalue weighted by molar-refractivity contribution is 5.95. The summed E-state index contributed by atoms with van der Waals surface area (Å²) in [4.78, 5) is 27.2. The van der Waals surface area contributed by atoms with Gasteiger partial charge in [0, 0.05) is 30.8 Å². The van der Waals surface area contributed by atoms with Crippen molar-refractivity contribution in [2.75, 3.05) is 25.8 Å². The van der Waals surface area contributed by atoms with Crippen LogP contribution in [0, 0.1) is 18.8 Å². The number of hydrogen-bond donors (Lipinski definition) is 1. The number of nitrogens with zero attached hydrogens (tertiary/aromatic N) is 1. The summed E-state index contributed by atoms with van der Waals surface area (Å²) in [5.74, 6) is 1.14. The predicted octanol–water partition coefficient (Wildman–Crippen LogP) is 5.13. The van der Waals surface area contributed by atoms with Gasteiger partial charge in [0.1, 0.15) is 0 Å². The molecule has 1 saturated carbocycles. The topological polar surface area (TPSA) is 77.1 Å². The first-order valence-corrected chi connectivity index (χ1v) is 12.2. The minimum absolute atomic E-state index is 0.0105. The third-order valence-electron chi connectivity index (χ3n) is 6.78. The van der Waals surface area contributed by atoms with E-state index in [2.05, 4.69) is 16.8 Å². The van der Waals surface area contributed by atoms with Crippen LogP contribution >= 0.6 is 0 Å². The number of ether oxygens (including phenoxy) is 3. The zero-order valence-corrected chi connectivity index (χ0v) is 20.8. The maximum Gasteiger partial charge on any atom is 0.308 e. The van der Waals surface area contributed by atoms with E-state index >= 15 is 0 Å². The molecule has 0 saturated heterocycles. The van der Waals surface area contributed by atoms with Crippen LogP contribution in [0.2, 0.25) is 0 Å². The second-order valence-electron chi connectivity index (χ2n) is 9.33. The minimum Gasteiger partial charge on any atom is -0.466 e. The maximum atomic E-state index is 13.1. The van der Waals surface area contributed by atoms with Crippen LogP contribution in [0.15, 0.2) is 43.0 Å². The van der Waals surface area contributed by atoms with E-state index in [9.17, 15) is 9.59 Å². The van der Waals surface area contributed by atoms with Crippen LogP contribution in [0.5, 0.6) is 11.5 Å². The van der Waals surface area contributed by atoms with Gasteiger partial charge in [-0.05, 0) is 69.4 Å². The van der Waals surface area contributed by atoms with E-state index < -0.39 is 0 Å². The van der Waals surface area contributed by atoms with Gasteiger partial charge in [-0.3, -0.25) is 9.59 Å². The van der Waals surface area contributed by atoms with Crippen LogP contribution in [0.25, 0.3) is 5.70 Å². The van der Waals surface area contributed by atoms with Gasteiger partial charge in [-0.2, -0.15) is 0 Å². The molecule has 1 aliphatic heterocycles. The minimum atomic E-state index is -0.144. The summed E-state index contributed by atoms with van der Waals surface area (Å²) < 4.78 is 16.0. The molecule has 0 bridgehead atoms. The average molecular weight is 479 g/mol. The lowest BCUT2D eigenvalue weighted by Gasteiger charge is -2.28. The molecular weight excluding hydrogens is 444 g/mol. The third kappa shape index (κ3) is 5.78. The zero-order valence-electron chi connectivity index (χ0n) is 20.8. The summed E-state index contributed by atoms with van der Waals surface area (Å²) in [7, 11) is 1.98. The molecule has 7 nitrogen and oxygen atoms in total. The monoisotopic (exact) mass is 478 g/mol. The molecule has 1 amide bonds. The molecule has 0 atom stereocenters. The number of carbonyl (C=O) groups excluding carboxylic acids is 2. The molecule has 2 aromatic carbocycles. The number of carbonyl (C=O) groups is 2. The van der Waals surface area contributed by atoms with Crippen molar-refractivity contribution in [2.45, 2.75) is 46.1 Å². The molecule has 186 valence electrons. The molecule has 1 heterocycles. The van der Waals surface area contributed by atoms with Gasteiger partial charge < -0.3 is 24.4 Å². The number of aryl methyl sites for hydroxylation is 1. The van der Waals surface area contributed by atoms with E-state index in [0.717, 1.165) is 39.6 Å². The number of nitrogens with one attached hydrogen (secondary N) is 1. The fourth-order valence-corrected chi connectivity index (χ4v) is 4.71. The van der Waals surface area contributed by atoms with Crippen LogP contribution in [0.3, 0.4) is 0 Å². The Morgan fingerprint density at radius 1 is 1.06 bits per heavy atom. The molecule has 0 spiro atoms. The highest BCUT2D eigenvalue weighted by atomic mass is 16.7. The molecule has 0 unspecified atom stereocenters. The van der Waals surface area contributed by atoms with Gasteiger partial charge in [0.25, 0.3) is 0 Å². The van der Waals surface area contributed by atoms with Crippen molar-refractivity contribution in [3.8, 4) is 11.5 Å². The molecule has 4 rings (SSSR count). The highest BCUT2D eigenvalue weighted by Crippen LogP contribution is 2.35. The molecule has 7 heteroatoms. The molecule has 1 fully saturated rings. The Morgan fingerprint density at radius 3 is 2.51 bits per heavy atom. The van der Waals surface area contributed by atoms with E-state index in [0.29, 0.717) is 38.8 Å². The normalized spacial score (nSPS) is 18.6. The Hall–Kier alpha value is -3.48. The maximum absolute atomic E-state index is 13.1.